The fraction of sp³-hybridized carbons (Fsp3) is 0.200. The van der Waals surface area contributed by atoms with Gasteiger partial charge in [-0.25, -0.2) is 4.98 Å². The third-order valence-corrected chi connectivity index (χ3v) is 5.92. The highest BCUT2D eigenvalue weighted by atomic mass is 32.1. The molecule has 0 aliphatic carbocycles. The highest BCUT2D eigenvalue weighted by molar-refractivity contribution is 7.19. The van der Waals surface area contributed by atoms with Crippen molar-refractivity contribution in [3.63, 3.8) is 0 Å². The van der Waals surface area contributed by atoms with E-state index >= 15 is 0 Å². The molecule has 176 valence electrons. The normalized spacial score (nSPS) is 12.0. The Hall–Kier alpha value is -3.46. The third kappa shape index (κ3) is 5.20. The zero-order valence-corrected chi connectivity index (χ0v) is 19.4. The molecule has 0 fully saturated rings. The Morgan fingerprint density at radius 2 is 1.53 bits per heavy atom. The van der Waals surface area contributed by atoms with Crippen LogP contribution in [0.25, 0.3) is 10.4 Å². The van der Waals surface area contributed by atoms with Crippen molar-refractivity contribution in [2.75, 3.05) is 5.32 Å². The standard InChI is InChI=1S/C25H21F4N3OS/c1-24(2,3)16-11-7-8-12-18(16)33-22-17(13-14-19(26)31-22)30-23-32-21(25(27,28)29)20(34-23)15-9-5-4-6-10-15/h4-14H,1-3H3,(H,30,32). The fourth-order valence-electron chi connectivity index (χ4n) is 3.34. The fourth-order valence-corrected chi connectivity index (χ4v) is 4.34. The monoisotopic (exact) mass is 487 g/mol. The van der Waals surface area contributed by atoms with Crippen LogP contribution in [0.3, 0.4) is 0 Å². The van der Waals surface area contributed by atoms with Gasteiger partial charge in [0.25, 0.3) is 0 Å². The smallest absolute Gasteiger partial charge is 0.434 e. The number of nitrogens with one attached hydrogen (secondary N) is 1. The first kappa shape index (κ1) is 23.7. The zero-order valence-electron chi connectivity index (χ0n) is 18.6. The molecule has 0 unspecified atom stereocenters. The average Bonchev–Trinajstić information content (AvgIpc) is 3.20. The molecule has 9 heteroatoms. The van der Waals surface area contributed by atoms with Crippen molar-refractivity contribution in [1.29, 1.82) is 0 Å². The first-order valence-corrected chi connectivity index (χ1v) is 11.2. The minimum atomic E-state index is -4.65. The molecule has 0 aliphatic heterocycles. The summed E-state index contributed by atoms with van der Waals surface area (Å²) in [5.41, 5.74) is 0.188. The predicted octanol–water partition coefficient (Wildman–Crippen LogP) is 8.20. The number of anilines is 2. The largest absolute Gasteiger partial charge is 0.437 e. The maximum Gasteiger partial charge on any atom is 0.434 e. The van der Waals surface area contributed by atoms with Gasteiger partial charge < -0.3 is 10.1 Å². The van der Waals surface area contributed by atoms with Crippen molar-refractivity contribution >= 4 is 22.2 Å². The van der Waals surface area contributed by atoms with Gasteiger partial charge in [0, 0.05) is 5.56 Å². The van der Waals surface area contributed by atoms with Crippen molar-refractivity contribution < 1.29 is 22.3 Å². The van der Waals surface area contributed by atoms with Gasteiger partial charge in [0.05, 0.1) is 4.88 Å². The molecular weight excluding hydrogens is 466 g/mol. The molecule has 34 heavy (non-hydrogen) atoms. The van der Waals surface area contributed by atoms with Gasteiger partial charge >= 0.3 is 6.18 Å². The highest BCUT2D eigenvalue weighted by Crippen LogP contribution is 2.43. The molecule has 2 aromatic carbocycles. The molecule has 2 heterocycles. The van der Waals surface area contributed by atoms with E-state index in [4.69, 9.17) is 4.74 Å². The summed E-state index contributed by atoms with van der Waals surface area (Å²) in [5, 5.41) is 2.81. The van der Waals surface area contributed by atoms with E-state index in [1.165, 1.54) is 6.07 Å². The maximum atomic E-state index is 14.0. The van der Waals surface area contributed by atoms with E-state index in [2.05, 4.69) is 15.3 Å². The van der Waals surface area contributed by atoms with Gasteiger partial charge in [-0.15, -0.1) is 0 Å². The molecule has 2 aromatic heterocycles. The number of nitrogens with zero attached hydrogens (tertiary/aromatic N) is 2. The minimum absolute atomic E-state index is 0.0199. The van der Waals surface area contributed by atoms with Crippen LogP contribution in [0.1, 0.15) is 32.0 Å². The lowest BCUT2D eigenvalue weighted by Crippen LogP contribution is -2.12. The molecule has 0 saturated heterocycles. The van der Waals surface area contributed by atoms with Gasteiger partial charge in [0.2, 0.25) is 11.8 Å². The number of benzene rings is 2. The maximum absolute atomic E-state index is 14.0. The summed E-state index contributed by atoms with van der Waals surface area (Å²) < 4.78 is 61.0. The van der Waals surface area contributed by atoms with Gasteiger partial charge in [0.1, 0.15) is 11.4 Å². The second-order valence-corrected chi connectivity index (χ2v) is 9.52. The first-order valence-electron chi connectivity index (χ1n) is 10.4. The van der Waals surface area contributed by atoms with Crippen molar-refractivity contribution in [2.24, 2.45) is 0 Å². The van der Waals surface area contributed by atoms with Crippen LogP contribution in [0, 0.1) is 5.95 Å². The molecule has 4 rings (SSSR count). The van der Waals surface area contributed by atoms with Crippen molar-refractivity contribution in [1.82, 2.24) is 9.97 Å². The molecule has 0 aliphatic rings. The average molecular weight is 488 g/mol. The van der Waals surface area contributed by atoms with E-state index in [9.17, 15) is 17.6 Å². The third-order valence-electron chi connectivity index (χ3n) is 4.90. The molecule has 4 nitrogen and oxygen atoms in total. The van der Waals surface area contributed by atoms with Crippen LogP contribution in [0.5, 0.6) is 11.6 Å². The zero-order chi connectivity index (χ0) is 24.5. The second kappa shape index (κ2) is 9.06. The van der Waals surface area contributed by atoms with Crippen LogP contribution in [0.2, 0.25) is 0 Å². The van der Waals surface area contributed by atoms with Crippen LogP contribution in [-0.2, 0) is 11.6 Å². The van der Waals surface area contributed by atoms with Crippen molar-refractivity contribution in [3.8, 4) is 22.1 Å². The molecule has 0 spiro atoms. The molecular formula is C25H21F4N3OS. The highest BCUT2D eigenvalue weighted by Gasteiger charge is 2.38. The number of aromatic nitrogens is 2. The summed E-state index contributed by atoms with van der Waals surface area (Å²) in [4.78, 5) is 7.59. The topological polar surface area (TPSA) is 47.0 Å². The molecule has 0 radical (unpaired) electrons. The molecule has 0 bridgehead atoms. The number of para-hydroxylation sites is 1. The van der Waals surface area contributed by atoms with Gasteiger partial charge in [-0.2, -0.15) is 22.5 Å². The Labute approximate surface area is 198 Å². The summed E-state index contributed by atoms with van der Waals surface area (Å²) >= 11 is 0.842. The summed E-state index contributed by atoms with van der Waals surface area (Å²) in [6.07, 6.45) is -4.65. The Morgan fingerprint density at radius 1 is 0.853 bits per heavy atom. The van der Waals surface area contributed by atoms with Gasteiger partial charge in [-0.05, 0) is 29.2 Å². The molecule has 0 saturated carbocycles. The van der Waals surface area contributed by atoms with Gasteiger partial charge in [-0.1, -0.05) is 80.6 Å². The van der Waals surface area contributed by atoms with Crippen LogP contribution in [-0.4, -0.2) is 9.97 Å². The van der Waals surface area contributed by atoms with Crippen LogP contribution in [0.4, 0.5) is 28.4 Å². The predicted molar refractivity (Wildman–Crippen MR) is 125 cm³/mol. The van der Waals surface area contributed by atoms with Crippen LogP contribution >= 0.6 is 11.3 Å². The molecule has 4 aromatic rings. The Kier molecular flexibility index (Phi) is 6.31. The van der Waals surface area contributed by atoms with E-state index in [1.54, 1.807) is 42.5 Å². The summed E-state index contributed by atoms with van der Waals surface area (Å²) in [6.45, 7) is 6.02. The van der Waals surface area contributed by atoms with E-state index in [-0.39, 0.29) is 27.0 Å². The number of alkyl halides is 3. The number of thiazole rings is 1. The Morgan fingerprint density at radius 3 is 2.21 bits per heavy atom. The lowest BCUT2D eigenvalue weighted by Gasteiger charge is -2.22. The summed E-state index contributed by atoms with van der Waals surface area (Å²) in [5.74, 6) is -0.424. The molecule has 0 amide bonds. The lowest BCUT2D eigenvalue weighted by atomic mass is 9.86. The van der Waals surface area contributed by atoms with Gasteiger partial charge in [0.15, 0.2) is 10.8 Å². The Bertz CT molecular complexity index is 1300. The van der Waals surface area contributed by atoms with E-state index in [0.29, 0.717) is 11.3 Å². The molecule has 0 atom stereocenters. The summed E-state index contributed by atoms with van der Waals surface area (Å²) in [6, 6.07) is 17.9. The first-order chi connectivity index (χ1) is 16.0. The number of rotatable bonds is 5. The van der Waals surface area contributed by atoms with Crippen molar-refractivity contribution in [2.45, 2.75) is 32.4 Å². The Balaban J connectivity index is 1.73. The van der Waals surface area contributed by atoms with E-state index in [1.807, 2.05) is 32.9 Å². The quantitative estimate of drug-likeness (QED) is 0.228. The number of halogens is 4. The van der Waals surface area contributed by atoms with Crippen LogP contribution < -0.4 is 10.1 Å². The second-order valence-electron chi connectivity index (χ2n) is 8.52. The lowest BCUT2D eigenvalue weighted by molar-refractivity contribution is -0.140. The SMILES string of the molecule is CC(C)(C)c1ccccc1Oc1nc(F)ccc1Nc1nc(C(F)(F)F)c(-c2ccccc2)s1. The van der Waals surface area contributed by atoms with Gasteiger partial charge in [-0.3, -0.25) is 0 Å². The molecule has 1 N–H and O–H groups in total. The number of hydrogen-bond acceptors (Lipinski definition) is 5. The number of ether oxygens (including phenoxy) is 1. The van der Waals surface area contributed by atoms with E-state index in [0.717, 1.165) is 23.0 Å². The summed E-state index contributed by atoms with van der Waals surface area (Å²) in [7, 11) is 0. The van der Waals surface area contributed by atoms with Crippen LogP contribution in [0.15, 0.2) is 66.7 Å². The number of pyridine rings is 1. The minimum Gasteiger partial charge on any atom is -0.437 e. The number of hydrogen-bond donors (Lipinski definition) is 1. The van der Waals surface area contributed by atoms with E-state index < -0.39 is 17.8 Å². The van der Waals surface area contributed by atoms with Crippen molar-refractivity contribution in [3.05, 3.63) is 83.9 Å².